The van der Waals surface area contributed by atoms with Gasteiger partial charge in [0.25, 0.3) is 0 Å². The van der Waals surface area contributed by atoms with Crippen LogP contribution in [0.3, 0.4) is 0 Å². The Morgan fingerprint density at radius 1 is 1.26 bits per heavy atom. The Bertz CT molecular complexity index is 1060. The van der Waals surface area contributed by atoms with Gasteiger partial charge in [0.15, 0.2) is 5.82 Å². The van der Waals surface area contributed by atoms with Crippen molar-refractivity contribution in [1.29, 1.82) is 0 Å². The Balaban J connectivity index is 1.97. The van der Waals surface area contributed by atoms with Crippen LogP contribution in [-0.4, -0.2) is 17.8 Å². The Labute approximate surface area is 184 Å². The monoisotopic (exact) mass is 417 g/mol. The standard InChI is InChI=1S/C25H26BF2N3/c1-16(14-25(2,3)4)21(12-17-8-5-6-9-17)31-24-22(30-23(26)15-29-24)13-18-19(27)10-7-11-20(18)28/h5-8,10-12,15H,1,9,13-14H2,2-4H3,(H,29,31)/b21-12-. The molecule has 1 aromatic heterocycles. The fraction of sp³-hybridized carbons (Fsp3) is 0.280. The molecule has 158 valence electrons. The average Bonchev–Trinajstić information content (AvgIpc) is 3.18. The SMILES string of the molecule is [B]c1cnc(N/C(=C\C2=CC=CC2)C(=C)CC(C)(C)C)c(Cc2c(F)cccc2F)n1. The molecule has 1 N–H and O–H groups in total. The van der Waals surface area contributed by atoms with Crippen molar-refractivity contribution >= 4 is 19.3 Å². The first-order valence-corrected chi connectivity index (χ1v) is 10.2. The summed E-state index contributed by atoms with van der Waals surface area (Å²) in [6.07, 6.45) is 11.1. The van der Waals surface area contributed by atoms with Gasteiger partial charge in [-0.15, -0.1) is 0 Å². The molecule has 0 unspecified atom stereocenters. The molecular formula is C25H26BF2N3. The number of allylic oxidation sites excluding steroid dienone is 6. The van der Waals surface area contributed by atoms with Crippen LogP contribution in [-0.2, 0) is 6.42 Å². The van der Waals surface area contributed by atoms with E-state index in [4.69, 9.17) is 7.85 Å². The van der Waals surface area contributed by atoms with E-state index in [9.17, 15) is 8.78 Å². The third kappa shape index (κ3) is 6.23. The van der Waals surface area contributed by atoms with Gasteiger partial charge in [0, 0.05) is 29.5 Å². The van der Waals surface area contributed by atoms with Gasteiger partial charge in [-0.05, 0) is 47.6 Å². The molecule has 31 heavy (non-hydrogen) atoms. The third-order valence-electron chi connectivity index (χ3n) is 4.78. The van der Waals surface area contributed by atoms with Gasteiger partial charge in [0.2, 0.25) is 0 Å². The van der Waals surface area contributed by atoms with Gasteiger partial charge in [-0.2, -0.15) is 0 Å². The summed E-state index contributed by atoms with van der Waals surface area (Å²) in [5, 5.41) is 3.30. The predicted molar refractivity (Wildman–Crippen MR) is 123 cm³/mol. The molecular weight excluding hydrogens is 391 g/mol. The number of halogens is 2. The zero-order chi connectivity index (χ0) is 22.6. The third-order valence-corrected chi connectivity index (χ3v) is 4.78. The lowest BCUT2D eigenvalue weighted by Crippen LogP contribution is -2.18. The first kappa shape index (κ1) is 22.7. The second-order valence-corrected chi connectivity index (χ2v) is 8.87. The maximum Gasteiger partial charge on any atom is 0.152 e. The Kier molecular flexibility index (Phi) is 6.89. The summed E-state index contributed by atoms with van der Waals surface area (Å²) in [7, 11) is 5.82. The van der Waals surface area contributed by atoms with E-state index < -0.39 is 11.6 Å². The van der Waals surface area contributed by atoms with Crippen molar-refractivity contribution in [2.75, 3.05) is 5.32 Å². The number of anilines is 1. The van der Waals surface area contributed by atoms with Crippen molar-refractivity contribution in [3.05, 3.63) is 95.0 Å². The number of aromatic nitrogens is 2. The molecule has 1 aliphatic rings. The van der Waals surface area contributed by atoms with Crippen molar-refractivity contribution in [3.8, 4) is 0 Å². The molecule has 2 radical (unpaired) electrons. The van der Waals surface area contributed by atoms with Gasteiger partial charge in [-0.3, -0.25) is 4.98 Å². The number of nitrogens with zero attached hydrogens (tertiary/aromatic N) is 2. The van der Waals surface area contributed by atoms with E-state index in [1.165, 1.54) is 24.4 Å². The zero-order valence-corrected chi connectivity index (χ0v) is 18.2. The van der Waals surface area contributed by atoms with E-state index in [0.717, 1.165) is 29.7 Å². The largest absolute Gasteiger partial charge is 0.338 e. The Hall–Kier alpha value is -3.02. The van der Waals surface area contributed by atoms with E-state index in [0.29, 0.717) is 11.5 Å². The molecule has 1 aliphatic carbocycles. The maximum absolute atomic E-state index is 14.2. The topological polar surface area (TPSA) is 37.8 Å². The molecule has 0 saturated carbocycles. The molecule has 1 aromatic carbocycles. The van der Waals surface area contributed by atoms with Crippen molar-refractivity contribution < 1.29 is 8.78 Å². The number of benzene rings is 1. The van der Waals surface area contributed by atoms with Crippen LogP contribution in [0.4, 0.5) is 14.6 Å². The van der Waals surface area contributed by atoms with E-state index in [-0.39, 0.29) is 23.0 Å². The summed E-state index contributed by atoms with van der Waals surface area (Å²) < 4.78 is 28.5. The second kappa shape index (κ2) is 9.42. The molecule has 6 heteroatoms. The normalized spacial score (nSPS) is 14.0. The van der Waals surface area contributed by atoms with Crippen LogP contribution in [0.1, 0.15) is 44.9 Å². The van der Waals surface area contributed by atoms with Gasteiger partial charge in [0.1, 0.15) is 19.5 Å². The lowest BCUT2D eigenvalue weighted by atomic mass is 9.87. The summed E-state index contributed by atoms with van der Waals surface area (Å²) >= 11 is 0. The fourth-order valence-corrected chi connectivity index (χ4v) is 3.38. The van der Waals surface area contributed by atoms with Crippen molar-refractivity contribution in [3.63, 3.8) is 0 Å². The van der Waals surface area contributed by atoms with E-state index in [1.807, 2.05) is 18.2 Å². The highest BCUT2D eigenvalue weighted by molar-refractivity contribution is 6.30. The highest BCUT2D eigenvalue weighted by Crippen LogP contribution is 2.30. The van der Waals surface area contributed by atoms with Crippen LogP contribution < -0.4 is 10.9 Å². The zero-order valence-electron chi connectivity index (χ0n) is 18.2. The van der Waals surface area contributed by atoms with Crippen LogP contribution in [0.25, 0.3) is 0 Å². The van der Waals surface area contributed by atoms with E-state index in [2.05, 4.69) is 48.7 Å². The molecule has 0 fully saturated rings. The number of hydrogen-bond acceptors (Lipinski definition) is 3. The van der Waals surface area contributed by atoms with Gasteiger partial charge in [-0.25, -0.2) is 13.8 Å². The van der Waals surface area contributed by atoms with Crippen LogP contribution in [0.5, 0.6) is 0 Å². The summed E-state index contributed by atoms with van der Waals surface area (Å²) in [6.45, 7) is 10.7. The lowest BCUT2D eigenvalue weighted by Gasteiger charge is -2.23. The summed E-state index contributed by atoms with van der Waals surface area (Å²) in [5.74, 6) is -0.875. The summed E-state index contributed by atoms with van der Waals surface area (Å²) in [6, 6.07) is 3.78. The minimum Gasteiger partial charge on any atom is -0.338 e. The number of nitrogens with one attached hydrogen (secondary N) is 1. The van der Waals surface area contributed by atoms with E-state index >= 15 is 0 Å². The first-order valence-electron chi connectivity index (χ1n) is 10.2. The van der Waals surface area contributed by atoms with Gasteiger partial charge in [-0.1, -0.05) is 51.6 Å². The molecule has 0 aliphatic heterocycles. The van der Waals surface area contributed by atoms with Gasteiger partial charge in [0.05, 0.1) is 5.69 Å². The highest BCUT2D eigenvalue weighted by Gasteiger charge is 2.19. The molecule has 0 amide bonds. The molecule has 1 heterocycles. The maximum atomic E-state index is 14.2. The lowest BCUT2D eigenvalue weighted by molar-refractivity contribution is 0.412. The molecule has 0 bridgehead atoms. The molecule has 3 nitrogen and oxygen atoms in total. The number of rotatable bonds is 7. The molecule has 0 saturated heterocycles. The fourth-order valence-electron chi connectivity index (χ4n) is 3.38. The smallest absolute Gasteiger partial charge is 0.152 e. The number of hydrogen-bond donors (Lipinski definition) is 1. The second-order valence-electron chi connectivity index (χ2n) is 8.87. The quantitative estimate of drug-likeness (QED) is 0.490. The van der Waals surface area contributed by atoms with Crippen molar-refractivity contribution in [1.82, 2.24) is 9.97 Å². The molecule has 0 atom stereocenters. The Morgan fingerprint density at radius 3 is 2.58 bits per heavy atom. The van der Waals surface area contributed by atoms with E-state index in [1.54, 1.807) is 0 Å². The minimum atomic E-state index is -0.634. The van der Waals surface area contributed by atoms with Gasteiger partial charge < -0.3 is 5.32 Å². The first-order chi connectivity index (χ1) is 14.6. The van der Waals surface area contributed by atoms with Crippen LogP contribution >= 0.6 is 0 Å². The van der Waals surface area contributed by atoms with Crippen molar-refractivity contribution in [2.45, 2.75) is 40.0 Å². The molecule has 3 rings (SSSR count). The minimum absolute atomic E-state index is 0.0338. The predicted octanol–water partition coefficient (Wildman–Crippen LogP) is 5.31. The molecule has 2 aromatic rings. The highest BCUT2D eigenvalue weighted by atomic mass is 19.1. The Morgan fingerprint density at radius 2 is 1.97 bits per heavy atom. The van der Waals surface area contributed by atoms with Gasteiger partial charge >= 0.3 is 0 Å². The van der Waals surface area contributed by atoms with Crippen molar-refractivity contribution in [2.24, 2.45) is 5.41 Å². The van der Waals surface area contributed by atoms with Crippen LogP contribution in [0.15, 0.2) is 72.1 Å². The average molecular weight is 417 g/mol. The van der Waals surface area contributed by atoms with Crippen LogP contribution in [0.2, 0.25) is 0 Å². The molecule has 0 spiro atoms. The summed E-state index contributed by atoms with van der Waals surface area (Å²) in [5.41, 5.74) is 3.32. The summed E-state index contributed by atoms with van der Waals surface area (Å²) in [4.78, 5) is 8.67. The van der Waals surface area contributed by atoms with Crippen LogP contribution in [0, 0.1) is 17.0 Å².